The maximum absolute atomic E-state index is 13.2. The second-order valence-corrected chi connectivity index (χ2v) is 8.62. The van der Waals surface area contributed by atoms with Crippen LogP contribution in [0.3, 0.4) is 0 Å². The molecule has 172 valence electrons. The standard InChI is InChI=1S/C19H16Cl4F3N5O/c1-8-15(19(24,25)26)30-31-16(8)28-18(27-14-5-3-10(21)7-13(14)23)29-17(32)11-4-2-9(20)6-12(11)22/h2-8,15-16,30-31H,1H3,(H2,27,28,29,32). The average Bonchev–Trinajstić information content (AvgIpc) is 3.04. The van der Waals surface area contributed by atoms with E-state index in [0.717, 1.165) is 0 Å². The SMILES string of the molecule is CC1C(N/C(=N\C(=O)c2ccc(Cl)cc2Cl)Nc2ccc(Cl)cc2Cl)NNC1C(F)(F)F. The van der Waals surface area contributed by atoms with E-state index < -0.39 is 30.2 Å². The number of amides is 1. The zero-order chi connectivity index (χ0) is 23.6. The molecule has 32 heavy (non-hydrogen) atoms. The summed E-state index contributed by atoms with van der Waals surface area (Å²) < 4.78 is 39.5. The molecule has 1 fully saturated rings. The number of benzene rings is 2. The topological polar surface area (TPSA) is 77.5 Å². The van der Waals surface area contributed by atoms with Crippen molar-refractivity contribution in [2.45, 2.75) is 25.3 Å². The number of hydrazine groups is 1. The normalized spacial score (nSPS) is 21.5. The van der Waals surface area contributed by atoms with Crippen molar-refractivity contribution in [2.24, 2.45) is 10.9 Å². The first-order valence-electron chi connectivity index (χ1n) is 9.10. The van der Waals surface area contributed by atoms with Gasteiger partial charge in [0.2, 0.25) is 5.96 Å². The Hall–Kier alpha value is -1.75. The molecule has 1 aliphatic rings. The summed E-state index contributed by atoms with van der Waals surface area (Å²) >= 11 is 24.0. The molecule has 2 aromatic carbocycles. The van der Waals surface area contributed by atoms with Crippen LogP contribution < -0.4 is 21.5 Å². The predicted molar refractivity (Wildman–Crippen MR) is 121 cm³/mol. The van der Waals surface area contributed by atoms with Crippen molar-refractivity contribution in [3.8, 4) is 0 Å². The van der Waals surface area contributed by atoms with Gasteiger partial charge >= 0.3 is 6.18 Å². The predicted octanol–water partition coefficient (Wildman–Crippen LogP) is 5.50. The minimum atomic E-state index is -4.47. The van der Waals surface area contributed by atoms with E-state index >= 15 is 0 Å². The van der Waals surface area contributed by atoms with Gasteiger partial charge in [-0.15, -0.1) is 0 Å². The molecule has 13 heteroatoms. The largest absolute Gasteiger partial charge is 0.405 e. The molecule has 1 aliphatic heterocycles. The molecule has 3 unspecified atom stereocenters. The van der Waals surface area contributed by atoms with Gasteiger partial charge < -0.3 is 10.6 Å². The minimum absolute atomic E-state index is 0.0538. The summed E-state index contributed by atoms with van der Waals surface area (Å²) in [5.41, 5.74) is 5.10. The van der Waals surface area contributed by atoms with Crippen molar-refractivity contribution in [1.29, 1.82) is 0 Å². The molecule has 3 atom stereocenters. The van der Waals surface area contributed by atoms with Crippen molar-refractivity contribution in [2.75, 3.05) is 5.32 Å². The minimum Gasteiger partial charge on any atom is -0.339 e. The van der Waals surface area contributed by atoms with Crippen LogP contribution in [0.25, 0.3) is 0 Å². The molecule has 0 radical (unpaired) electrons. The molecule has 1 amide bonds. The molecule has 4 N–H and O–H groups in total. The molecule has 0 aromatic heterocycles. The van der Waals surface area contributed by atoms with Gasteiger partial charge in [-0.25, -0.2) is 10.9 Å². The highest BCUT2D eigenvalue weighted by molar-refractivity contribution is 6.37. The lowest BCUT2D eigenvalue weighted by Gasteiger charge is -2.23. The van der Waals surface area contributed by atoms with Crippen LogP contribution in [0.2, 0.25) is 20.1 Å². The van der Waals surface area contributed by atoms with Crippen molar-refractivity contribution < 1.29 is 18.0 Å². The van der Waals surface area contributed by atoms with E-state index in [1.165, 1.54) is 37.3 Å². The number of guanidine groups is 1. The lowest BCUT2D eigenvalue weighted by Crippen LogP contribution is -2.49. The Morgan fingerprint density at radius 2 is 1.62 bits per heavy atom. The molecule has 0 bridgehead atoms. The summed E-state index contributed by atoms with van der Waals surface area (Å²) in [5.74, 6) is -1.85. The maximum Gasteiger partial charge on any atom is 0.405 e. The molecule has 2 aromatic rings. The third-order valence-corrected chi connectivity index (χ3v) is 5.75. The van der Waals surface area contributed by atoms with Gasteiger partial charge in [-0.3, -0.25) is 4.79 Å². The Bertz CT molecular complexity index is 1050. The summed E-state index contributed by atoms with van der Waals surface area (Å²) in [6, 6.07) is 6.96. The fraction of sp³-hybridized carbons (Fsp3) is 0.263. The first-order valence-corrected chi connectivity index (χ1v) is 10.6. The molecule has 1 saturated heterocycles. The zero-order valence-electron chi connectivity index (χ0n) is 16.2. The van der Waals surface area contributed by atoms with E-state index in [-0.39, 0.29) is 21.6 Å². The van der Waals surface area contributed by atoms with Gasteiger partial charge in [0.25, 0.3) is 5.91 Å². The summed E-state index contributed by atoms with van der Waals surface area (Å²) in [6.45, 7) is 1.40. The number of anilines is 1. The third-order valence-electron chi connectivity index (χ3n) is 4.65. The highest BCUT2D eigenvalue weighted by Crippen LogP contribution is 2.30. The summed E-state index contributed by atoms with van der Waals surface area (Å²) in [6.07, 6.45) is -5.40. The van der Waals surface area contributed by atoms with Crippen LogP contribution in [0.4, 0.5) is 18.9 Å². The smallest absolute Gasteiger partial charge is 0.339 e. The van der Waals surface area contributed by atoms with Crippen molar-refractivity contribution >= 4 is 64.0 Å². The highest BCUT2D eigenvalue weighted by atomic mass is 35.5. The molecule has 0 spiro atoms. The Kier molecular flexibility index (Phi) is 7.80. The Balaban J connectivity index is 1.90. The summed E-state index contributed by atoms with van der Waals surface area (Å²) in [7, 11) is 0. The third kappa shape index (κ3) is 5.98. The fourth-order valence-electron chi connectivity index (χ4n) is 2.97. The number of aliphatic imine (C=N–C) groups is 1. The first-order chi connectivity index (χ1) is 15.0. The van der Waals surface area contributed by atoms with E-state index in [1.54, 1.807) is 6.07 Å². The molecular formula is C19H16Cl4F3N5O. The van der Waals surface area contributed by atoms with E-state index in [4.69, 9.17) is 46.4 Å². The van der Waals surface area contributed by atoms with Gasteiger partial charge in [0, 0.05) is 16.0 Å². The number of halogens is 7. The zero-order valence-corrected chi connectivity index (χ0v) is 19.2. The number of hydrogen-bond acceptors (Lipinski definition) is 3. The number of alkyl halides is 3. The highest BCUT2D eigenvalue weighted by Gasteiger charge is 2.49. The molecule has 0 aliphatic carbocycles. The van der Waals surface area contributed by atoms with Gasteiger partial charge in [-0.1, -0.05) is 53.3 Å². The van der Waals surface area contributed by atoms with Crippen LogP contribution in [0, 0.1) is 5.92 Å². The second-order valence-electron chi connectivity index (χ2n) is 6.93. The average molecular weight is 529 g/mol. The monoisotopic (exact) mass is 527 g/mol. The lowest BCUT2D eigenvalue weighted by molar-refractivity contribution is -0.160. The Labute approximate surface area is 201 Å². The van der Waals surface area contributed by atoms with Crippen LogP contribution >= 0.6 is 46.4 Å². The maximum atomic E-state index is 13.2. The first kappa shape index (κ1) is 24.9. The number of carbonyl (C=O) groups is 1. The second kappa shape index (κ2) is 10.0. The van der Waals surface area contributed by atoms with Crippen molar-refractivity contribution in [1.82, 2.24) is 16.2 Å². The Morgan fingerprint density at radius 3 is 2.19 bits per heavy atom. The summed E-state index contributed by atoms with van der Waals surface area (Å²) in [4.78, 5) is 16.7. The number of nitrogens with zero attached hydrogens (tertiary/aromatic N) is 1. The Morgan fingerprint density at radius 1 is 1.00 bits per heavy atom. The van der Waals surface area contributed by atoms with Gasteiger partial charge in [-0.05, 0) is 36.4 Å². The van der Waals surface area contributed by atoms with Gasteiger partial charge in [0.05, 0.1) is 27.5 Å². The lowest BCUT2D eigenvalue weighted by atomic mass is 10.0. The quantitative estimate of drug-likeness (QED) is 0.312. The van der Waals surface area contributed by atoms with E-state index in [1.807, 2.05) is 0 Å². The van der Waals surface area contributed by atoms with Crippen LogP contribution in [-0.4, -0.2) is 30.3 Å². The number of nitrogens with one attached hydrogen (secondary N) is 4. The van der Waals surface area contributed by atoms with Crippen LogP contribution in [0.1, 0.15) is 17.3 Å². The van der Waals surface area contributed by atoms with Crippen LogP contribution in [0.5, 0.6) is 0 Å². The number of hydrogen-bond donors (Lipinski definition) is 4. The molecule has 3 rings (SSSR count). The molecule has 0 saturated carbocycles. The van der Waals surface area contributed by atoms with E-state index in [9.17, 15) is 18.0 Å². The van der Waals surface area contributed by atoms with E-state index in [2.05, 4.69) is 26.5 Å². The number of rotatable bonds is 3. The molecule has 6 nitrogen and oxygen atoms in total. The van der Waals surface area contributed by atoms with Crippen LogP contribution in [0.15, 0.2) is 41.4 Å². The van der Waals surface area contributed by atoms with Crippen LogP contribution in [-0.2, 0) is 0 Å². The van der Waals surface area contributed by atoms with Gasteiger partial charge in [-0.2, -0.15) is 18.2 Å². The fourth-order valence-corrected chi connectivity index (χ4v) is 3.91. The van der Waals surface area contributed by atoms with E-state index in [0.29, 0.717) is 15.7 Å². The number of carbonyl (C=O) groups excluding carboxylic acids is 1. The van der Waals surface area contributed by atoms with Crippen molar-refractivity contribution in [3.63, 3.8) is 0 Å². The van der Waals surface area contributed by atoms with Gasteiger partial charge in [0.15, 0.2) is 0 Å². The summed E-state index contributed by atoms with van der Waals surface area (Å²) in [5, 5.41) is 6.57. The van der Waals surface area contributed by atoms with Crippen molar-refractivity contribution in [3.05, 3.63) is 62.1 Å². The molecular weight excluding hydrogens is 513 g/mol. The van der Waals surface area contributed by atoms with Gasteiger partial charge in [0.1, 0.15) is 6.04 Å². The molecule has 1 heterocycles.